The maximum absolute atomic E-state index is 6.09. The third-order valence-corrected chi connectivity index (χ3v) is 5.02. The van der Waals surface area contributed by atoms with Crippen LogP contribution in [0.4, 0.5) is 0 Å². The van der Waals surface area contributed by atoms with E-state index in [1.807, 2.05) is 0 Å². The van der Waals surface area contributed by atoms with E-state index in [0.29, 0.717) is 6.04 Å². The van der Waals surface area contributed by atoms with E-state index in [1.165, 1.54) is 51.5 Å². The van der Waals surface area contributed by atoms with Crippen LogP contribution in [0.5, 0.6) is 0 Å². The van der Waals surface area contributed by atoms with Gasteiger partial charge in [-0.2, -0.15) is 0 Å². The van der Waals surface area contributed by atoms with Crippen LogP contribution in [0.25, 0.3) is 0 Å². The molecule has 0 radical (unpaired) electrons. The lowest BCUT2D eigenvalue weighted by Gasteiger charge is -2.31. The predicted molar refractivity (Wildman–Crippen MR) is 62.6 cm³/mol. The summed E-state index contributed by atoms with van der Waals surface area (Å²) in [5, 5.41) is 3.79. The predicted octanol–water partition coefficient (Wildman–Crippen LogP) is 1.89. The van der Waals surface area contributed by atoms with Gasteiger partial charge in [0.25, 0.3) is 0 Å². The Bertz CT molecular complexity index is 223. The summed E-state index contributed by atoms with van der Waals surface area (Å²) in [4.78, 5) is 0. The zero-order valence-corrected chi connectivity index (χ0v) is 9.62. The van der Waals surface area contributed by atoms with Crippen molar-refractivity contribution in [2.24, 2.45) is 23.5 Å². The molecule has 3 rings (SSSR count). The SMILES string of the molecule is NC1CC2CNC(C3CCCCC3)C2C1. The summed E-state index contributed by atoms with van der Waals surface area (Å²) in [5.74, 6) is 2.80. The van der Waals surface area contributed by atoms with Crippen LogP contribution in [0.2, 0.25) is 0 Å². The quantitative estimate of drug-likeness (QED) is 0.690. The van der Waals surface area contributed by atoms with Crippen LogP contribution in [-0.4, -0.2) is 18.6 Å². The fourth-order valence-corrected chi connectivity index (χ4v) is 4.32. The molecular formula is C13H24N2. The van der Waals surface area contributed by atoms with Gasteiger partial charge in [-0.15, -0.1) is 0 Å². The Morgan fingerprint density at radius 1 is 0.933 bits per heavy atom. The third kappa shape index (κ3) is 1.83. The highest BCUT2D eigenvalue weighted by atomic mass is 15.0. The number of nitrogens with two attached hydrogens (primary N) is 1. The number of hydrogen-bond acceptors (Lipinski definition) is 2. The Morgan fingerprint density at radius 3 is 2.53 bits per heavy atom. The zero-order chi connectivity index (χ0) is 10.3. The van der Waals surface area contributed by atoms with Gasteiger partial charge in [0.1, 0.15) is 0 Å². The van der Waals surface area contributed by atoms with E-state index >= 15 is 0 Å². The summed E-state index contributed by atoms with van der Waals surface area (Å²) in [7, 11) is 0. The van der Waals surface area contributed by atoms with Crippen molar-refractivity contribution in [3.05, 3.63) is 0 Å². The highest BCUT2D eigenvalue weighted by Crippen LogP contribution is 2.42. The van der Waals surface area contributed by atoms with Crippen molar-refractivity contribution in [1.29, 1.82) is 0 Å². The molecule has 0 bridgehead atoms. The van der Waals surface area contributed by atoms with Crippen LogP contribution in [0.1, 0.15) is 44.9 Å². The van der Waals surface area contributed by atoms with Crippen molar-refractivity contribution >= 4 is 0 Å². The van der Waals surface area contributed by atoms with E-state index in [1.54, 1.807) is 0 Å². The van der Waals surface area contributed by atoms with Gasteiger partial charge < -0.3 is 11.1 Å². The molecule has 2 aliphatic carbocycles. The van der Waals surface area contributed by atoms with Crippen LogP contribution in [-0.2, 0) is 0 Å². The third-order valence-electron chi connectivity index (χ3n) is 5.02. The molecule has 4 atom stereocenters. The highest BCUT2D eigenvalue weighted by Gasteiger charge is 2.44. The lowest BCUT2D eigenvalue weighted by molar-refractivity contribution is 0.237. The van der Waals surface area contributed by atoms with Gasteiger partial charge in [-0.3, -0.25) is 0 Å². The van der Waals surface area contributed by atoms with Crippen molar-refractivity contribution in [1.82, 2.24) is 5.32 Å². The van der Waals surface area contributed by atoms with Crippen LogP contribution < -0.4 is 11.1 Å². The number of nitrogens with one attached hydrogen (secondary N) is 1. The Kier molecular flexibility index (Phi) is 2.73. The Morgan fingerprint density at radius 2 is 1.73 bits per heavy atom. The first kappa shape index (κ1) is 10.1. The molecule has 86 valence electrons. The largest absolute Gasteiger partial charge is 0.328 e. The van der Waals surface area contributed by atoms with Gasteiger partial charge in [0.2, 0.25) is 0 Å². The van der Waals surface area contributed by atoms with Crippen molar-refractivity contribution in [2.45, 2.75) is 57.0 Å². The molecular weight excluding hydrogens is 184 g/mol. The van der Waals surface area contributed by atoms with Crippen molar-refractivity contribution < 1.29 is 0 Å². The van der Waals surface area contributed by atoms with Gasteiger partial charge in [-0.25, -0.2) is 0 Å². The molecule has 1 aliphatic heterocycles. The average Bonchev–Trinajstić information content (AvgIpc) is 2.77. The Balaban J connectivity index is 1.66. The van der Waals surface area contributed by atoms with E-state index in [-0.39, 0.29) is 0 Å². The van der Waals surface area contributed by atoms with Gasteiger partial charge in [0, 0.05) is 12.1 Å². The fourth-order valence-electron chi connectivity index (χ4n) is 4.32. The smallest absolute Gasteiger partial charge is 0.0127 e. The molecule has 2 nitrogen and oxygen atoms in total. The molecule has 3 N–H and O–H groups in total. The molecule has 0 amide bonds. The van der Waals surface area contributed by atoms with E-state index in [4.69, 9.17) is 5.73 Å². The molecule has 1 heterocycles. The van der Waals surface area contributed by atoms with Crippen LogP contribution in [0.15, 0.2) is 0 Å². The summed E-state index contributed by atoms with van der Waals surface area (Å²) >= 11 is 0. The molecule has 0 spiro atoms. The van der Waals surface area contributed by atoms with Crippen LogP contribution in [0, 0.1) is 17.8 Å². The van der Waals surface area contributed by atoms with Gasteiger partial charge in [-0.05, 0) is 50.0 Å². The molecule has 0 aromatic rings. The summed E-state index contributed by atoms with van der Waals surface area (Å²) < 4.78 is 0. The van der Waals surface area contributed by atoms with Crippen molar-refractivity contribution in [2.75, 3.05) is 6.54 Å². The maximum Gasteiger partial charge on any atom is 0.0127 e. The minimum absolute atomic E-state index is 0.508. The minimum atomic E-state index is 0.508. The summed E-state index contributed by atoms with van der Waals surface area (Å²) in [6, 6.07) is 1.33. The second-order valence-corrected chi connectivity index (χ2v) is 5.99. The van der Waals surface area contributed by atoms with Crippen LogP contribution in [0.3, 0.4) is 0 Å². The first-order valence-corrected chi connectivity index (χ1v) is 6.83. The highest BCUT2D eigenvalue weighted by molar-refractivity contribution is 5.00. The fraction of sp³-hybridized carbons (Fsp3) is 1.00. The lowest BCUT2D eigenvalue weighted by atomic mass is 9.78. The molecule has 1 saturated heterocycles. The summed E-state index contributed by atoms with van der Waals surface area (Å²) in [6.07, 6.45) is 9.90. The van der Waals surface area contributed by atoms with Crippen molar-refractivity contribution in [3.63, 3.8) is 0 Å². The number of fused-ring (bicyclic) bond motifs is 1. The first-order chi connectivity index (χ1) is 7.34. The minimum Gasteiger partial charge on any atom is -0.328 e. The average molecular weight is 208 g/mol. The van der Waals surface area contributed by atoms with Gasteiger partial charge in [0.05, 0.1) is 0 Å². The van der Waals surface area contributed by atoms with Gasteiger partial charge in [-0.1, -0.05) is 19.3 Å². The number of rotatable bonds is 1. The number of hydrogen-bond donors (Lipinski definition) is 2. The molecule has 3 fully saturated rings. The Hall–Kier alpha value is -0.0800. The second kappa shape index (κ2) is 4.06. The lowest BCUT2D eigenvalue weighted by Crippen LogP contribution is -2.37. The summed E-state index contributed by atoms with van der Waals surface area (Å²) in [5.41, 5.74) is 6.09. The normalized spacial score (nSPS) is 47.0. The monoisotopic (exact) mass is 208 g/mol. The summed E-state index contributed by atoms with van der Waals surface area (Å²) in [6.45, 7) is 1.25. The second-order valence-electron chi connectivity index (χ2n) is 5.99. The van der Waals surface area contributed by atoms with Crippen LogP contribution >= 0.6 is 0 Å². The first-order valence-electron chi connectivity index (χ1n) is 6.83. The van der Waals surface area contributed by atoms with Gasteiger partial charge in [0.15, 0.2) is 0 Å². The molecule has 2 heteroatoms. The van der Waals surface area contributed by atoms with E-state index in [0.717, 1.165) is 23.8 Å². The molecule has 2 saturated carbocycles. The van der Waals surface area contributed by atoms with Gasteiger partial charge >= 0.3 is 0 Å². The Labute approximate surface area is 93.0 Å². The molecule has 15 heavy (non-hydrogen) atoms. The zero-order valence-electron chi connectivity index (χ0n) is 9.62. The van der Waals surface area contributed by atoms with Crippen molar-refractivity contribution in [3.8, 4) is 0 Å². The molecule has 3 aliphatic rings. The van der Waals surface area contributed by atoms with E-state index < -0.39 is 0 Å². The molecule has 4 unspecified atom stereocenters. The van der Waals surface area contributed by atoms with E-state index in [2.05, 4.69) is 5.32 Å². The molecule has 0 aromatic heterocycles. The molecule has 0 aromatic carbocycles. The maximum atomic E-state index is 6.09. The topological polar surface area (TPSA) is 38.0 Å². The standard InChI is InChI=1S/C13H24N2/c14-11-6-10-8-15-13(12(10)7-11)9-4-2-1-3-5-9/h9-13,15H,1-8,14H2. The van der Waals surface area contributed by atoms with E-state index in [9.17, 15) is 0 Å².